The number of thiophene rings is 1. The molecule has 1 aromatic heterocycles. The zero-order valence-corrected chi connectivity index (χ0v) is 16.3. The van der Waals surface area contributed by atoms with Gasteiger partial charge in [-0.3, -0.25) is 4.79 Å². The molecule has 0 aromatic carbocycles. The predicted molar refractivity (Wildman–Crippen MR) is 102 cm³/mol. The third-order valence-corrected chi connectivity index (χ3v) is 7.07. The van der Waals surface area contributed by atoms with Gasteiger partial charge in [0.25, 0.3) is 5.91 Å². The van der Waals surface area contributed by atoms with Crippen LogP contribution in [0.4, 0.5) is 8.78 Å². The maximum Gasteiger partial charge on any atom is 0.261 e. The van der Waals surface area contributed by atoms with E-state index in [0.29, 0.717) is 35.6 Å². The normalized spacial score (nSPS) is 28.8. The fourth-order valence-electron chi connectivity index (χ4n) is 4.16. The number of rotatable bonds is 6. The van der Waals surface area contributed by atoms with Crippen molar-refractivity contribution in [2.45, 2.75) is 68.9 Å². The van der Waals surface area contributed by atoms with Gasteiger partial charge in [-0.25, -0.2) is 8.78 Å². The molecule has 1 aliphatic heterocycles. The molecule has 0 spiro atoms. The Morgan fingerprint density at radius 2 is 1.96 bits per heavy atom. The summed E-state index contributed by atoms with van der Waals surface area (Å²) in [5, 5.41) is 8.67. The van der Waals surface area contributed by atoms with E-state index in [1.54, 1.807) is 0 Å². The van der Waals surface area contributed by atoms with Crippen molar-refractivity contribution in [1.29, 1.82) is 0 Å². The van der Waals surface area contributed by atoms with Gasteiger partial charge in [-0.05, 0) is 61.6 Å². The number of carbonyl (C=O) groups is 1. The number of amides is 1. The number of hydrogen-bond acceptors (Lipinski definition) is 4. The van der Waals surface area contributed by atoms with Gasteiger partial charge in [0.2, 0.25) is 5.92 Å². The molecule has 2 N–H and O–H groups in total. The van der Waals surface area contributed by atoms with Crippen molar-refractivity contribution >= 4 is 17.2 Å². The fourth-order valence-corrected chi connectivity index (χ4v) is 5.04. The minimum atomic E-state index is -2.56. The molecule has 2 heterocycles. The molecular weight excluding hydrogens is 370 g/mol. The van der Waals surface area contributed by atoms with Crippen LogP contribution in [0.3, 0.4) is 0 Å². The monoisotopic (exact) mass is 398 g/mol. The predicted octanol–water partition coefficient (Wildman–Crippen LogP) is 3.93. The van der Waals surface area contributed by atoms with Crippen molar-refractivity contribution in [3.05, 3.63) is 21.9 Å². The van der Waals surface area contributed by atoms with Gasteiger partial charge in [-0.1, -0.05) is 0 Å². The van der Waals surface area contributed by atoms with Crippen molar-refractivity contribution in [3.63, 3.8) is 0 Å². The molecule has 2 aliphatic carbocycles. The second-order valence-corrected chi connectivity index (χ2v) is 9.17. The molecule has 2 saturated carbocycles. The molecule has 150 valence electrons. The summed E-state index contributed by atoms with van der Waals surface area (Å²) < 4.78 is 31.9. The summed E-state index contributed by atoms with van der Waals surface area (Å²) in [7, 11) is 0. The van der Waals surface area contributed by atoms with Gasteiger partial charge in [0, 0.05) is 44.1 Å². The summed E-state index contributed by atoms with van der Waals surface area (Å²) in [6, 6.07) is 2.37. The van der Waals surface area contributed by atoms with E-state index in [-0.39, 0.29) is 24.8 Å². The Hall–Kier alpha value is -1.05. The molecule has 3 fully saturated rings. The van der Waals surface area contributed by atoms with Crippen LogP contribution in [0.5, 0.6) is 0 Å². The van der Waals surface area contributed by atoms with E-state index in [2.05, 4.69) is 16.0 Å². The average Bonchev–Trinajstić information content (AvgIpc) is 3.27. The molecule has 1 amide bonds. The van der Waals surface area contributed by atoms with E-state index in [4.69, 9.17) is 4.74 Å². The van der Waals surface area contributed by atoms with Crippen LogP contribution in [-0.2, 0) is 4.74 Å². The molecule has 2 atom stereocenters. The fraction of sp³-hybridized carbons (Fsp3) is 0.750. The van der Waals surface area contributed by atoms with Crippen LogP contribution in [0, 0.1) is 5.92 Å². The molecule has 0 radical (unpaired) electrons. The molecule has 1 aromatic rings. The van der Waals surface area contributed by atoms with Gasteiger partial charge in [0.15, 0.2) is 0 Å². The molecule has 27 heavy (non-hydrogen) atoms. The Bertz CT molecular complexity index is 650. The van der Waals surface area contributed by atoms with Crippen LogP contribution in [-0.4, -0.2) is 43.7 Å². The molecule has 0 bridgehead atoms. The number of carbonyl (C=O) groups excluding carboxylic acids is 1. The molecule has 2 unspecified atom stereocenters. The van der Waals surface area contributed by atoms with Crippen LogP contribution in [0.1, 0.15) is 66.1 Å². The quantitative estimate of drug-likeness (QED) is 0.763. The van der Waals surface area contributed by atoms with Crippen molar-refractivity contribution in [3.8, 4) is 0 Å². The minimum absolute atomic E-state index is 0.117. The zero-order valence-electron chi connectivity index (χ0n) is 15.5. The summed E-state index contributed by atoms with van der Waals surface area (Å²) in [4.78, 5) is 13.1. The highest BCUT2D eigenvalue weighted by molar-refractivity contribution is 7.12. The summed E-state index contributed by atoms with van der Waals surface area (Å²) >= 11 is 1.46. The Morgan fingerprint density at radius 3 is 2.70 bits per heavy atom. The molecule has 3 aliphatic rings. The zero-order chi connectivity index (χ0) is 18.9. The Kier molecular flexibility index (Phi) is 5.81. The van der Waals surface area contributed by atoms with Gasteiger partial charge in [-0.15, -0.1) is 11.3 Å². The summed E-state index contributed by atoms with van der Waals surface area (Å²) in [5.74, 6) is -1.47. The Balaban J connectivity index is 1.22. The van der Waals surface area contributed by atoms with E-state index < -0.39 is 5.92 Å². The first-order valence-electron chi connectivity index (χ1n) is 10.1. The van der Waals surface area contributed by atoms with Crippen LogP contribution in [0.15, 0.2) is 11.4 Å². The number of alkyl halides is 2. The van der Waals surface area contributed by atoms with Crippen LogP contribution in [0.2, 0.25) is 0 Å². The minimum Gasteiger partial charge on any atom is -0.381 e. The second kappa shape index (κ2) is 8.13. The van der Waals surface area contributed by atoms with Gasteiger partial charge < -0.3 is 15.4 Å². The molecule has 4 rings (SSSR count). The highest BCUT2D eigenvalue weighted by atomic mass is 32.1. The van der Waals surface area contributed by atoms with Gasteiger partial charge >= 0.3 is 0 Å². The van der Waals surface area contributed by atoms with Crippen molar-refractivity contribution in [2.24, 2.45) is 5.92 Å². The van der Waals surface area contributed by atoms with E-state index in [9.17, 15) is 13.6 Å². The summed E-state index contributed by atoms with van der Waals surface area (Å²) in [6.45, 7) is 2.80. The summed E-state index contributed by atoms with van der Waals surface area (Å²) in [5.41, 5.74) is 1.23. The van der Waals surface area contributed by atoms with Crippen LogP contribution < -0.4 is 10.6 Å². The Morgan fingerprint density at radius 1 is 1.22 bits per heavy atom. The van der Waals surface area contributed by atoms with Gasteiger partial charge in [0.05, 0.1) is 4.88 Å². The highest BCUT2D eigenvalue weighted by Crippen LogP contribution is 2.42. The average molecular weight is 399 g/mol. The topological polar surface area (TPSA) is 50.4 Å². The number of hydrogen-bond donors (Lipinski definition) is 2. The third-order valence-electron chi connectivity index (χ3n) is 6.12. The maximum atomic E-state index is 13.2. The van der Waals surface area contributed by atoms with E-state index >= 15 is 0 Å². The van der Waals surface area contributed by atoms with E-state index in [0.717, 1.165) is 39.0 Å². The maximum absolute atomic E-state index is 13.2. The first kappa shape index (κ1) is 19.3. The largest absolute Gasteiger partial charge is 0.381 e. The first-order chi connectivity index (χ1) is 13.0. The van der Waals surface area contributed by atoms with Gasteiger partial charge in [-0.2, -0.15) is 0 Å². The van der Waals surface area contributed by atoms with E-state index in [1.165, 1.54) is 16.9 Å². The lowest BCUT2D eigenvalue weighted by Crippen LogP contribution is -2.40. The lowest BCUT2D eigenvalue weighted by molar-refractivity contribution is -0.0399. The van der Waals surface area contributed by atoms with E-state index in [1.807, 2.05) is 6.07 Å². The standard InChI is InChI=1S/C20H28F2N2O2S/c21-20(22)5-1-15(2-6-20)24-19(25)18-9-14(12-27-18)16-10-17(16)23-11-13-3-7-26-8-4-13/h9,12-13,15-17,23H,1-8,10-11H2,(H,24,25). The smallest absolute Gasteiger partial charge is 0.261 e. The molecule has 4 nitrogen and oxygen atoms in total. The van der Waals surface area contributed by atoms with Crippen molar-refractivity contribution in [1.82, 2.24) is 10.6 Å². The van der Waals surface area contributed by atoms with Crippen LogP contribution >= 0.6 is 11.3 Å². The molecular formula is C20H28F2N2O2S. The lowest BCUT2D eigenvalue weighted by atomic mass is 9.92. The number of nitrogens with one attached hydrogen (secondary N) is 2. The summed E-state index contributed by atoms with van der Waals surface area (Å²) in [6.07, 6.45) is 3.86. The number of ether oxygens (including phenoxy) is 1. The van der Waals surface area contributed by atoms with Crippen molar-refractivity contribution < 1.29 is 18.3 Å². The number of halogens is 2. The third kappa shape index (κ3) is 5.06. The highest BCUT2D eigenvalue weighted by Gasteiger charge is 2.39. The lowest BCUT2D eigenvalue weighted by Gasteiger charge is -2.28. The second-order valence-electron chi connectivity index (χ2n) is 8.26. The molecule has 1 saturated heterocycles. The van der Waals surface area contributed by atoms with Crippen molar-refractivity contribution in [2.75, 3.05) is 19.8 Å². The van der Waals surface area contributed by atoms with Gasteiger partial charge in [0.1, 0.15) is 0 Å². The molecule has 7 heteroatoms. The Labute approximate surface area is 163 Å². The SMILES string of the molecule is O=C(NC1CCC(F)(F)CC1)c1cc(C2CC2NCC2CCOCC2)cs1. The van der Waals surface area contributed by atoms with Crippen LogP contribution in [0.25, 0.3) is 0 Å². The first-order valence-corrected chi connectivity index (χ1v) is 11.0.